The summed E-state index contributed by atoms with van der Waals surface area (Å²) in [7, 11) is 0. The number of alkyl carbamates (subject to hydrolysis) is 1. The monoisotopic (exact) mass is 203 g/mol. The van der Waals surface area contributed by atoms with Crippen molar-refractivity contribution in [2.24, 2.45) is 0 Å². The van der Waals surface area contributed by atoms with E-state index < -0.39 is 0 Å². The van der Waals surface area contributed by atoms with Gasteiger partial charge in [-0.1, -0.05) is 18.2 Å². The van der Waals surface area contributed by atoms with Crippen molar-refractivity contribution in [3.8, 4) is 0 Å². The first-order valence-corrected chi connectivity index (χ1v) is 4.75. The Bertz CT molecular complexity index is 484. The second kappa shape index (κ2) is 3.02. The zero-order valence-electron chi connectivity index (χ0n) is 7.90. The fourth-order valence-electron chi connectivity index (χ4n) is 1.71. The molecule has 1 saturated heterocycles. The van der Waals surface area contributed by atoms with Gasteiger partial charge in [0.25, 0.3) is 0 Å². The molecule has 0 aliphatic carbocycles. The molecule has 0 spiro atoms. The van der Waals surface area contributed by atoms with Gasteiger partial charge in [0.2, 0.25) is 0 Å². The third-order valence-electron chi connectivity index (χ3n) is 2.46. The Morgan fingerprint density at radius 1 is 1.33 bits per heavy atom. The van der Waals surface area contributed by atoms with Crippen molar-refractivity contribution < 1.29 is 13.9 Å². The Morgan fingerprint density at radius 2 is 2.20 bits per heavy atom. The molecule has 1 aliphatic rings. The van der Waals surface area contributed by atoms with Crippen molar-refractivity contribution in [2.75, 3.05) is 6.61 Å². The minimum Gasteiger partial charge on any atom is -0.459 e. The minimum absolute atomic E-state index is 0.162. The van der Waals surface area contributed by atoms with Crippen LogP contribution < -0.4 is 5.32 Å². The topological polar surface area (TPSA) is 51.5 Å². The highest BCUT2D eigenvalue weighted by Crippen LogP contribution is 2.25. The van der Waals surface area contributed by atoms with Crippen molar-refractivity contribution in [1.29, 1.82) is 0 Å². The molecule has 76 valence electrons. The molecule has 1 aromatic heterocycles. The molecule has 1 atom stereocenters. The number of ether oxygens (including phenoxy) is 1. The zero-order chi connectivity index (χ0) is 10.3. The first-order chi connectivity index (χ1) is 7.33. The maximum Gasteiger partial charge on any atom is 0.407 e. The Kier molecular flexibility index (Phi) is 1.68. The van der Waals surface area contributed by atoms with E-state index >= 15 is 0 Å². The number of para-hydroxylation sites is 1. The van der Waals surface area contributed by atoms with Gasteiger partial charge in [-0.3, -0.25) is 0 Å². The number of benzene rings is 1. The Balaban J connectivity index is 2.01. The molecule has 1 aromatic carbocycles. The number of carbonyl (C=O) groups excluding carboxylic acids is 1. The highest BCUT2D eigenvalue weighted by Gasteiger charge is 2.26. The van der Waals surface area contributed by atoms with Crippen LogP contribution in [0.3, 0.4) is 0 Å². The number of nitrogens with one attached hydrogen (secondary N) is 1. The Hall–Kier alpha value is -1.97. The average Bonchev–Trinajstić information content (AvgIpc) is 2.82. The quantitative estimate of drug-likeness (QED) is 0.773. The second-order valence-electron chi connectivity index (χ2n) is 3.48. The molecular weight excluding hydrogens is 194 g/mol. The van der Waals surface area contributed by atoms with Gasteiger partial charge in [0.05, 0.1) is 0 Å². The molecule has 0 radical (unpaired) electrons. The maximum atomic E-state index is 10.9. The van der Waals surface area contributed by atoms with E-state index in [-0.39, 0.29) is 12.1 Å². The fourth-order valence-corrected chi connectivity index (χ4v) is 1.71. The van der Waals surface area contributed by atoms with Gasteiger partial charge in [0, 0.05) is 5.39 Å². The third kappa shape index (κ3) is 1.34. The van der Waals surface area contributed by atoms with E-state index in [2.05, 4.69) is 5.32 Å². The van der Waals surface area contributed by atoms with Crippen LogP contribution in [0.2, 0.25) is 0 Å². The first-order valence-electron chi connectivity index (χ1n) is 4.75. The largest absolute Gasteiger partial charge is 0.459 e. The van der Waals surface area contributed by atoms with Crippen LogP contribution in [0.4, 0.5) is 4.79 Å². The van der Waals surface area contributed by atoms with Crippen molar-refractivity contribution >= 4 is 17.1 Å². The summed E-state index contributed by atoms with van der Waals surface area (Å²) in [5.74, 6) is 0.738. The number of hydrogen-bond donors (Lipinski definition) is 1. The van der Waals surface area contributed by atoms with Crippen LogP contribution in [0.25, 0.3) is 11.0 Å². The van der Waals surface area contributed by atoms with Gasteiger partial charge in [-0.05, 0) is 12.1 Å². The van der Waals surface area contributed by atoms with Gasteiger partial charge < -0.3 is 14.5 Å². The summed E-state index contributed by atoms with van der Waals surface area (Å²) in [4.78, 5) is 10.9. The lowest BCUT2D eigenvalue weighted by atomic mass is 10.2. The van der Waals surface area contributed by atoms with Crippen LogP contribution in [0, 0.1) is 0 Å². The molecule has 1 amide bonds. The third-order valence-corrected chi connectivity index (χ3v) is 2.46. The molecule has 2 heterocycles. The van der Waals surface area contributed by atoms with Crippen molar-refractivity contribution in [3.63, 3.8) is 0 Å². The summed E-state index contributed by atoms with van der Waals surface area (Å²) in [5, 5.41) is 3.71. The summed E-state index contributed by atoms with van der Waals surface area (Å²) >= 11 is 0. The van der Waals surface area contributed by atoms with E-state index in [4.69, 9.17) is 9.15 Å². The standard InChI is InChI=1S/C11H9NO3/c13-11-12-8(6-14-11)10-5-7-3-1-2-4-9(7)15-10/h1-5,8H,6H2,(H,12,13)/t8-/m0/s1. The fraction of sp³-hybridized carbons (Fsp3) is 0.182. The number of rotatable bonds is 1. The van der Waals surface area contributed by atoms with Crippen LogP contribution in [0.15, 0.2) is 34.7 Å². The smallest absolute Gasteiger partial charge is 0.407 e. The van der Waals surface area contributed by atoms with Crippen molar-refractivity contribution in [1.82, 2.24) is 5.32 Å². The second-order valence-corrected chi connectivity index (χ2v) is 3.48. The molecule has 15 heavy (non-hydrogen) atoms. The number of hydrogen-bond acceptors (Lipinski definition) is 3. The average molecular weight is 203 g/mol. The minimum atomic E-state index is -0.388. The molecule has 4 nitrogen and oxygen atoms in total. The summed E-state index contributed by atoms with van der Waals surface area (Å²) in [5.41, 5.74) is 0.827. The molecule has 1 N–H and O–H groups in total. The predicted molar refractivity (Wildman–Crippen MR) is 53.4 cm³/mol. The van der Waals surface area contributed by atoms with Gasteiger partial charge in [-0.25, -0.2) is 4.79 Å². The number of carbonyl (C=O) groups is 1. The van der Waals surface area contributed by atoms with E-state index in [0.717, 1.165) is 16.7 Å². The first kappa shape index (κ1) is 8.35. The maximum absolute atomic E-state index is 10.9. The van der Waals surface area contributed by atoms with Crippen LogP contribution in [0.5, 0.6) is 0 Å². The van der Waals surface area contributed by atoms with Crippen LogP contribution in [-0.2, 0) is 4.74 Å². The summed E-state index contributed by atoms with van der Waals surface area (Å²) < 4.78 is 10.4. The molecule has 1 fully saturated rings. The molecule has 0 bridgehead atoms. The van der Waals surface area contributed by atoms with E-state index in [1.165, 1.54) is 0 Å². The van der Waals surface area contributed by atoms with Crippen LogP contribution >= 0.6 is 0 Å². The molecule has 2 aromatic rings. The number of cyclic esters (lactones) is 1. The zero-order valence-corrected chi connectivity index (χ0v) is 7.90. The van der Waals surface area contributed by atoms with Crippen molar-refractivity contribution in [3.05, 3.63) is 36.1 Å². The van der Waals surface area contributed by atoms with E-state index in [1.807, 2.05) is 30.3 Å². The van der Waals surface area contributed by atoms with Gasteiger partial charge in [0.15, 0.2) is 0 Å². The van der Waals surface area contributed by atoms with Crippen LogP contribution in [-0.4, -0.2) is 12.7 Å². The SMILES string of the molecule is O=C1N[C@H](c2cc3ccccc3o2)CO1. The summed E-state index contributed by atoms with van der Waals surface area (Å²) in [6, 6.07) is 9.50. The Labute approximate surface area is 85.8 Å². The molecule has 4 heteroatoms. The lowest BCUT2D eigenvalue weighted by molar-refractivity contribution is 0.176. The summed E-state index contributed by atoms with van der Waals surface area (Å²) in [6.45, 7) is 0.332. The molecule has 3 rings (SSSR count). The number of amides is 1. The number of fused-ring (bicyclic) bond motifs is 1. The Morgan fingerprint density at radius 3 is 2.93 bits per heavy atom. The van der Waals surface area contributed by atoms with Gasteiger partial charge in [0.1, 0.15) is 24.0 Å². The van der Waals surface area contributed by atoms with E-state index in [0.29, 0.717) is 6.61 Å². The van der Waals surface area contributed by atoms with Crippen molar-refractivity contribution in [2.45, 2.75) is 6.04 Å². The highest BCUT2D eigenvalue weighted by atomic mass is 16.6. The molecule has 1 aliphatic heterocycles. The highest BCUT2D eigenvalue weighted by molar-refractivity contribution is 5.78. The van der Waals surface area contributed by atoms with Gasteiger partial charge in [-0.15, -0.1) is 0 Å². The molecule has 0 unspecified atom stereocenters. The summed E-state index contributed by atoms with van der Waals surface area (Å²) in [6.07, 6.45) is -0.388. The van der Waals surface area contributed by atoms with Gasteiger partial charge >= 0.3 is 6.09 Å². The number of furan rings is 1. The lowest BCUT2D eigenvalue weighted by Crippen LogP contribution is -2.17. The van der Waals surface area contributed by atoms with E-state index in [1.54, 1.807) is 0 Å². The normalized spacial score (nSPS) is 20.3. The molecule has 0 saturated carbocycles. The van der Waals surface area contributed by atoms with Crippen LogP contribution in [0.1, 0.15) is 11.8 Å². The lowest BCUT2D eigenvalue weighted by Gasteiger charge is -2.00. The molecular formula is C11H9NO3. The predicted octanol–water partition coefficient (Wildman–Crippen LogP) is 2.21. The van der Waals surface area contributed by atoms with E-state index in [9.17, 15) is 4.79 Å². The van der Waals surface area contributed by atoms with Gasteiger partial charge in [-0.2, -0.15) is 0 Å².